The summed E-state index contributed by atoms with van der Waals surface area (Å²) in [5, 5.41) is 17.7. The third-order valence-corrected chi connectivity index (χ3v) is 5.63. The first-order valence-electron chi connectivity index (χ1n) is 11.7. The maximum Gasteiger partial charge on any atom is 0.272 e. The zero-order chi connectivity index (χ0) is 28.7. The average molecular weight is 556 g/mol. The Kier molecular flexibility index (Phi) is 9.66. The fraction of sp³-hybridized carbons (Fsp3) is 0.222. The number of alkyl halides is 2. The van der Waals surface area contributed by atoms with Crippen LogP contribution in [0.1, 0.15) is 40.1 Å². The first-order chi connectivity index (χ1) is 18.3. The average Bonchev–Trinajstić information content (AvgIpc) is 2.87. The van der Waals surface area contributed by atoms with Gasteiger partial charge in [-0.2, -0.15) is 0 Å². The van der Waals surface area contributed by atoms with Gasteiger partial charge < -0.3 is 25.8 Å². The third-order valence-electron chi connectivity index (χ3n) is 5.30. The summed E-state index contributed by atoms with van der Waals surface area (Å²) < 4.78 is 30.6. The van der Waals surface area contributed by atoms with Gasteiger partial charge in [0.05, 0.1) is 16.1 Å². The molecule has 2 radical (unpaired) electrons. The SMILES string of the molecule is [B]c1ccc(NC(=O)c2cc(NC(=O)c3cc(CNC(=O)C(C)(C)O)ccc3Cl)ccc2OCC(F)F)cc1. The van der Waals surface area contributed by atoms with Crippen molar-refractivity contribution in [2.75, 3.05) is 17.2 Å². The van der Waals surface area contributed by atoms with E-state index in [0.717, 1.165) is 0 Å². The van der Waals surface area contributed by atoms with Gasteiger partial charge in [0.2, 0.25) is 0 Å². The number of nitrogens with one attached hydrogen (secondary N) is 3. The Balaban J connectivity index is 1.82. The number of halogens is 3. The summed E-state index contributed by atoms with van der Waals surface area (Å²) in [7, 11) is 5.66. The second-order valence-electron chi connectivity index (χ2n) is 9.00. The number of hydrogen-bond donors (Lipinski definition) is 4. The van der Waals surface area contributed by atoms with Crippen molar-refractivity contribution < 1.29 is 33.0 Å². The van der Waals surface area contributed by atoms with Crippen molar-refractivity contribution in [1.29, 1.82) is 0 Å². The van der Waals surface area contributed by atoms with Gasteiger partial charge in [0.25, 0.3) is 24.1 Å². The smallest absolute Gasteiger partial charge is 0.272 e. The highest BCUT2D eigenvalue weighted by molar-refractivity contribution is 6.34. The zero-order valence-electron chi connectivity index (χ0n) is 21.1. The van der Waals surface area contributed by atoms with Crippen LogP contribution in [0.2, 0.25) is 5.02 Å². The molecule has 0 atom stereocenters. The number of hydrogen-bond acceptors (Lipinski definition) is 5. The Morgan fingerprint density at radius 3 is 2.21 bits per heavy atom. The molecule has 12 heteroatoms. The number of amides is 3. The lowest BCUT2D eigenvalue weighted by atomic mass is 9.96. The number of benzene rings is 3. The Labute approximate surface area is 230 Å². The van der Waals surface area contributed by atoms with Crippen molar-refractivity contribution in [3.63, 3.8) is 0 Å². The van der Waals surface area contributed by atoms with E-state index in [2.05, 4.69) is 16.0 Å². The van der Waals surface area contributed by atoms with Gasteiger partial charge in [-0.15, -0.1) is 0 Å². The van der Waals surface area contributed by atoms with E-state index in [9.17, 15) is 28.3 Å². The van der Waals surface area contributed by atoms with Crippen LogP contribution in [0.5, 0.6) is 5.75 Å². The molecule has 0 aliphatic heterocycles. The Hall–Kier alpha value is -3.96. The van der Waals surface area contributed by atoms with Crippen molar-refractivity contribution in [2.24, 2.45) is 0 Å². The lowest BCUT2D eigenvalue weighted by Crippen LogP contribution is -2.41. The van der Waals surface area contributed by atoms with E-state index in [-0.39, 0.29) is 34.1 Å². The van der Waals surface area contributed by atoms with Gasteiger partial charge in [-0.25, -0.2) is 8.78 Å². The number of carbonyl (C=O) groups excluding carboxylic acids is 3. The molecule has 0 saturated heterocycles. The van der Waals surface area contributed by atoms with Gasteiger partial charge in [0.15, 0.2) is 0 Å². The molecule has 0 aliphatic rings. The van der Waals surface area contributed by atoms with Crippen molar-refractivity contribution in [2.45, 2.75) is 32.4 Å². The van der Waals surface area contributed by atoms with E-state index in [1.807, 2.05) is 0 Å². The quantitative estimate of drug-likeness (QED) is 0.285. The molecule has 3 aromatic rings. The minimum absolute atomic E-state index is 0.0336. The van der Waals surface area contributed by atoms with E-state index >= 15 is 0 Å². The van der Waals surface area contributed by atoms with Crippen molar-refractivity contribution in [3.8, 4) is 5.75 Å². The molecule has 0 aliphatic carbocycles. The number of anilines is 2. The van der Waals surface area contributed by atoms with Crippen LogP contribution in [-0.2, 0) is 11.3 Å². The summed E-state index contributed by atoms with van der Waals surface area (Å²) in [6.45, 7) is 1.79. The van der Waals surface area contributed by atoms with Crippen LogP contribution >= 0.6 is 11.6 Å². The minimum atomic E-state index is -2.76. The standard InChI is InChI=1S/C27H25BClF2N3O5/c1-27(2,38)26(37)32-13-15-3-9-21(29)19(11-15)24(35)34-18-8-10-22(39-14-23(30)31)20(12-18)25(36)33-17-6-4-16(28)5-7-17/h3-12,23,38H,13-14H2,1-2H3,(H,32,37)(H,33,36)(H,34,35). The van der Waals surface area contributed by atoms with Crippen LogP contribution in [0, 0.1) is 0 Å². The molecular formula is C27H25BClF2N3O5. The molecule has 3 aromatic carbocycles. The van der Waals surface area contributed by atoms with Gasteiger partial charge in [-0.1, -0.05) is 35.3 Å². The molecule has 0 spiro atoms. The van der Waals surface area contributed by atoms with Gasteiger partial charge >= 0.3 is 0 Å². The topological polar surface area (TPSA) is 117 Å². The molecule has 0 aromatic heterocycles. The molecule has 39 heavy (non-hydrogen) atoms. The van der Waals surface area contributed by atoms with Crippen molar-refractivity contribution in [3.05, 3.63) is 82.4 Å². The summed E-state index contributed by atoms with van der Waals surface area (Å²) in [5.74, 6) is -1.99. The minimum Gasteiger partial charge on any atom is -0.487 e. The van der Waals surface area contributed by atoms with E-state index in [0.29, 0.717) is 16.7 Å². The van der Waals surface area contributed by atoms with Gasteiger partial charge in [-0.05, 0) is 61.9 Å². The maximum absolute atomic E-state index is 13.0. The lowest BCUT2D eigenvalue weighted by Gasteiger charge is -2.17. The highest BCUT2D eigenvalue weighted by Gasteiger charge is 2.23. The van der Waals surface area contributed by atoms with E-state index in [4.69, 9.17) is 24.2 Å². The van der Waals surface area contributed by atoms with E-state index in [1.54, 1.807) is 30.3 Å². The highest BCUT2D eigenvalue weighted by atomic mass is 35.5. The molecule has 0 heterocycles. The molecule has 4 N–H and O–H groups in total. The molecule has 0 saturated carbocycles. The third kappa shape index (κ3) is 8.52. The first-order valence-corrected chi connectivity index (χ1v) is 12.0. The lowest BCUT2D eigenvalue weighted by molar-refractivity contribution is -0.136. The second-order valence-corrected chi connectivity index (χ2v) is 9.41. The number of ether oxygens (including phenoxy) is 1. The summed E-state index contributed by atoms with van der Waals surface area (Å²) in [6, 6.07) is 14.8. The number of rotatable bonds is 10. The van der Waals surface area contributed by atoms with Gasteiger partial charge in [-0.3, -0.25) is 14.4 Å². The molecule has 8 nitrogen and oxygen atoms in total. The molecule has 0 fully saturated rings. The van der Waals surface area contributed by atoms with Crippen LogP contribution < -0.4 is 26.2 Å². The van der Waals surface area contributed by atoms with Crippen LogP contribution in [0.15, 0.2) is 60.7 Å². The molecule has 202 valence electrons. The number of aliphatic hydroxyl groups is 1. The summed E-state index contributed by atoms with van der Waals surface area (Å²) in [5.41, 5.74) is 0.0160. The van der Waals surface area contributed by atoms with Gasteiger partial charge in [0.1, 0.15) is 25.8 Å². The highest BCUT2D eigenvalue weighted by Crippen LogP contribution is 2.26. The van der Waals surface area contributed by atoms with Crippen LogP contribution in [0.25, 0.3) is 0 Å². The van der Waals surface area contributed by atoms with Crippen LogP contribution in [0.4, 0.5) is 20.2 Å². The van der Waals surface area contributed by atoms with Crippen molar-refractivity contribution >= 4 is 54.0 Å². The van der Waals surface area contributed by atoms with Crippen LogP contribution in [0.3, 0.4) is 0 Å². The molecular weight excluding hydrogens is 531 g/mol. The number of carbonyl (C=O) groups is 3. The normalized spacial score (nSPS) is 11.2. The fourth-order valence-electron chi connectivity index (χ4n) is 3.28. The first kappa shape index (κ1) is 29.6. The Bertz CT molecular complexity index is 1360. The van der Waals surface area contributed by atoms with E-state index in [1.165, 1.54) is 44.2 Å². The zero-order valence-corrected chi connectivity index (χ0v) is 21.8. The van der Waals surface area contributed by atoms with E-state index < -0.39 is 36.4 Å². The van der Waals surface area contributed by atoms with Gasteiger partial charge in [0, 0.05) is 17.9 Å². The monoisotopic (exact) mass is 555 g/mol. The maximum atomic E-state index is 13.0. The fourth-order valence-corrected chi connectivity index (χ4v) is 3.49. The van der Waals surface area contributed by atoms with Crippen LogP contribution in [-0.4, -0.2) is 49.3 Å². The largest absolute Gasteiger partial charge is 0.487 e. The summed E-state index contributed by atoms with van der Waals surface area (Å²) >= 11 is 6.22. The predicted molar refractivity (Wildman–Crippen MR) is 145 cm³/mol. The summed E-state index contributed by atoms with van der Waals surface area (Å²) in [6.07, 6.45) is -2.76. The van der Waals surface area contributed by atoms with Crippen molar-refractivity contribution in [1.82, 2.24) is 5.32 Å². The second kappa shape index (κ2) is 12.7. The molecule has 0 unspecified atom stereocenters. The summed E-state index contributed by atoms with van der Waals surface area (Å²) in [4.78, 5) is 37.9. The molecule has 3 rings (SSSR count). The molecule has 0 bridgehead atoms. The Morgan fingerprint density at radius 2 is 1.56 bits per heavy atom. The molecule has 3 amide bonds. The predicted octanol–water partition coefficient (Wildman–Crippen LogP) is 3.67. The Morgan fingerprint density at radius 1 is 0.949 bits per heavy atom.